The monoisotopic (exact) mass is 188 g/mol. The Morgan fingerprint density at radius 2 is 2.27 bits per heavy atom. The maximum atomic E-state index is 5.57. The SMILES string of the molecule is CCSCc1ccc(Cl)nn1. The molecule has 0 aliphatic heterocycles. The summed E-state index contributed by atoms with van der Waals surface area (Å²) in [6.07, 6.45) is 0. The van der Waals surface area contributed by atoms with Crippen LogP contribution in [0.4, 0.5) is 0 Å². The van der Waals surface area contributed by atoms with E-state index in [-0.39, 0.29) is 0 Å². The fourth-order valence-corrected chi connectivity index (χ4v) is 1.30. The van der Waals surface area contributed by atoms with Crippen LogP contribution < -0.4 is 0 Å². The molecule has 0 aliphatic rings. The van der Waals surface area contributed by atoms with Gasteiger partial charge in [0.25, 0.3) is 0 Å². The molecular formula is C7H9ClN2S. The van der Waals surface area contributed by atoms with Gasteiger partial charge in [0.15, 0.2) is 5.15 Å². The minimum Gasteiger partial charge on any atom is -0.156 e. The van der Waals surface area contributed by atoms with Gasteiger partial charge < -0.3 is 0 Å². The van der Waals surface area contributed by atoms with Gasteiger partial charge in [-0.2, -0.15) is 16.9 Å². The number of nitrogens with zero attached hydrogens (tertiary/aromatic N) is 2. The Morgan fingerprint density at radius 1 is 1.45 bits per heavy atom. The van der Waals surface area contributed by atoms with Crippen LogP contribution in [0.25, 0.3) is 0 Å². The molecule has 1 heterocycles. The second-order valence-electron chi connectivity index (χ2n) is 1.98. The van der Waals surface area contributed by atoms with Gasteiger partial charge in [0.1, 0.15) is 0 Å². The standard InChI is InChI=1S/C7H9ClN2S/c1-2-11-5-6-3-4-7(8)10-9-6/h3-4H,2,5H2,1H3. The van der Waals surface area contributed by atoms with E-state index in [2.05, 4.69) is 17.1 Å². The van der Waals surface area contributed by atoms with Crippen molar-refractivity contribution in [2.24, 2.45) is 0 Å². The molecule has 0 radical (unpaired) electrons. The maximum absolute atomic E-state index is 5.57. The molecule has 0 bridgehead atoms. The van der Waals surface area contributed by atoms with E-state index in [1.54, 1.807) is 6.07 Å². The molecule has 1 rings (SSSR count). The molecule has 0 fully saturated rings. The summed E-state index contributed by atoms with van der Waals surface area (Å²) in [4.78, 5) is 0. The molecule has 0 N–H and O–H groups in total. The lowest BCUT2D eigenvalue weighted by molar-refractivity contribution is 0.972. The first kappa shape index (κ1) is 8.81. The lowest BCUT2D eigenvalue weighted by Crippen LogP contribution is -1.89. The smallest absolute Gasteiger partial charge is 0.151 e. The van der Waals surface area contributed by atoms with Crippen molar-refractivity contribution < 1.29 is 0 Å². The van der Waals surface area contributed by atoms with E-state index in [1.807, 2.05) is 17.8 Å². The zero-order valence-corrected chi connectivity index (χ0v) is 7.82. The molecule has 2 nitrogen and oxygen atoms in total. The molecule has 0 spiro atoms. The molecule has 4 heteroatoms. The predicted molar refractivity (Wildman–Crippen MR) is 48.9 cm³/mol. The van der Waals surface area contributed by atoms with Crippen LogP contribution in [-0.4, -0.2) is 16.0 Å². The topological polar surface area (TPSA) is 25.8 Å². The number of thioether (sulfide) groups is 1. The van der Waals surface area contributed by atoms with Crippen LogP contribution in [0.15, 0.2) is 12.1 Å². The molecule has 1 aromatic heterocycles. The fourth-order valence-electron chi connectivity index (χ4n) is 0.627. The number of hydrogen-bond acceptors (Lipinski definition) is 3. The molecule has 0 aromatic carbocycles. The van der Waals surface area contributed by atoms with E-state index in [0.717, 1.165) is 17.2 Å². The Bertz CT molecular complexity index is 212. The Labute approximate surface area is 75.4 Å². The zero-order valence-electron chi connectivity index (χ0n) is 6.25. The van der Waals surface area contributed by atoms with Crippen molar-refractivity contribution >= 4 is 23.4 Å². The molecule has 0 atom stereocenters. The van der Waals surface area contributed by atoms with Crippen LogP contribution >= 0.6 is 23.4 Å². The summed E-state index contributed by atoms with van der Waals surface area (Å²) in [5, 5.41) is 8.10. The highest BCUT2D eigenvalue weighted by Gasteiger charge is 1.94. The van der Waals surface area contributed by atoms with Crippen molar-refractivity contribution in [1.29, 1.82) is 0 Å². The van der Waals surface area contributed by atoms with E-state index in [1.165, 1.54) is 0 Å². The number of aromatic nitrogens is 2. The van der Waals surface area contributed by atoms with Crippen molar-refractivity contribution in [2.75, 3.05) is 5.75 Å². The van der Waals surface area contributed by atoms with Gasteiger partial charge in [0.2, 0.25) is 0 Å². The summed E-state index contributed by atoms with van der Waals surface area (Å²) < 4.78 is 0. The summed E-state index contributed by atoms with van der Waals surface area (Å²) in [7, 11) is 0. The first-order chi connectivity index (χ1) is 5.33. The van der Waals surface area contributed by atoms with Crippen molar-refractivity contribution in [3.05, 3.63) is 23.0 Å². The Hall–Kier alpha value is -0.280. The van der Waals surface area contributed by atoms with E-state index < -0.39 is 0 Å². The van der Waals surface area contributed by atoms with Gasteiger partial charge in [-0.1, -0.05) is 18.5 Å². The Morgan fingerprint density at radius 3 is 2.82 bits per heavy atom. The van der Waals surface area contributed by atoms with Crippen LogP contribution in [0.2, 0.25) is 5.15 Å². The van der Waals surface area contributed by atoms with E-state index in [0.29, 0.717) is 5.15 Å². The van der Waals surface area contributed by atoms with Gasteiger partial charge in [0, 0.05) is 5.75 Å². The molecular weight excluding hydrogens is 180 g/mol. The van der Waals surface area contributed by atoms with Crippen molar-refractivity contribution in [3.63, 3.8) is 0 Å². The van der Waals surface area contributed by atoms with Crippen LogP contribution in [0, 0.1) is 0 Å². The third kappa shape index (κ3) is 3.08. The molecule has 11 heavy (non-hydrogen) atoms. The van der Waals surface area contributed by atoms with E-state index >= 15 is 0 Å². The summed E-state index contributed by atoms with van der Waals surface area (Å²) in [5.41, 5.74) is 0.987. The van der Waals surface area contributed by atoms with Gasteiger partial charge in [-0.25, -0.2) is 0 Å². The zero-order chi connectivity index (χ0) is 8.10. The molecule has 0 saturated heterocycles. The number of halogens is 1. The van der Waals surface area contributed by atoms with Crippen LogP contribution in [0.5, 0.6) is 0 Å². The third-order valence-electron chi connectivity index (χ3n) is 1.14. The van der Waals surface area contributed by atoms with Crippen LogP contribution in [0.1, 0.15) is 12.6 Å². The minimum atomic E-state index is 0.454. The molecule has 0 aliphatic carbocycles. The summed E-state index contributed by atoms with van der Waals surface area (Å²) in [5.74, 6) is 2.02. The maximum Gasteiger partial charge on any atom is 0.151 e. The van der Waals surface area contributed by atoms with Gasteiger partial charge in [-0.15, -0.1) is 5.10 Å². The predicted octanol–water partition coefficient (Wildman–Crippen LogP) is 2.38. The Kier molecular flexibility index (Phi) is 3.66. The molecule has 0 unspecified atom stereocenters. The van der Waals surface area contributed by atoms with Crippen molar-refractivity contribution in [3.8, 4) is 0 Å². The highest BCUT2D eigenvalue weighted by Crippen LogP contribution is 2.09. The summed E-state index contributed by atoms with van der Waals surface area (Å²) in [6, 6.07) is 3.66. The second-order valence-corrected chi connectivity index (χ2v) is 3.65. The van der Waals surface area contributed by atoms with Gasteiger partial charge in [-0.05, 0) is 17.9 Å². The lowest BCUT2D eigenvalue weighted by atomic mass is 10.4. The lowest BCUT2D eigenvalue weighted by Gasteiger charge is -1.95. The number of hydrogen-bond donors (Lipinski definition) is 0. The average Bonchev–Trinajstić information content (AvgIpc) is 2.04. The number of rotatable bonds is 3. The van der Waals surface area contributed by atoms with Crippen molar-refractivity contribution in [1.82, 2.24) is 10.2 Å². The first-order valence-corrected chi connectivity index (χ1v) is 4.92. The quantitative estimate of drug-likeness (QED) is 0.729. The molecule has 0 saturated carbocycles. The summed E-state index contributed by atoms with van der Waals surface area (Å²) >= 11 is 7.39. The first-order valence-electron chi connectivity index (χ1n) is 3.38. The van der Waals surface area contributed by atoms with Gasteiger partial charge >= 0.3 is 0 Å². The molecule has 60 valence electrons. The van der Waals surface area contributed by atoms with Crippen LogP contribution in [0.3, 0.4) is 0 Å². The van der Waals surface area contributed by atoms with Gasteiger partial charge in [0.05, 0.1) is 5.69 Å². The average molecular weight is 189 g/mol. The minimum absolute atomic E-state index is 0.454. The van der Waals surface area contributed by atoms with Crippen LogP contribution in [-0.2, 0) is 5.75 Å². The highest BCUT2D eigenvalue weighted by atomic mass is 35.5. The van der Waals surface area contributed by atoms with E-state index in [9.17, 15) is 0 Å². The normalized spacial score (nSPS) is 10.0. The van der Waals surface area contributed by atoms with Gasteiger partial charge in [-0.3, -0.25) is 0 Å². The fraction of sp³-hybridized carbons (Fsp3) is 0.429. The largest absolute Gasteiger partial charge is 0.156 e. The third-order valence-corrected chi connectivity index (χ3v) is 2.25. The highest BCUT2D eigenvalue weighted by molar-refractivity contribution is 7.98. The molecule has 0 amide bonds. The summed E-state index contributed by atoms with van der Waals surface area (Å²) in [6.45, 7) is 2.12. The second kappa shape index (κ2) is 4.57. The van der Waals surface area contributed by atoms with Crippen molar-refractivity contribution in [2.45, 2.75) is 12.7 Å². The Balaban J connectivity index is 2.52. The van der Waals surface area contributed by atoms with E-state index in [4.69, 9.17) is 11.6 Å². The molecule has 1 aromatic rings.